The van der Waals surface area contributed by atoms with Crippen molar-refractivity contribution in [2.75, 3.05) is 5.73 Å². The molecule has 1 aromatic carbocycles. The molecule has 0 fully saturated rings. The minimum atomic E-state index is -1.53. The number of nitrogens with one attached hydrogen (secondary N) is 1. The molecule has 1 amide bonds. The number of amides is 1. The lowest BCUT2D eigenvalue weighted by molar-refractivity contribution is -0.149. The number of hydrogen-bond donors (Lipinski definition) is 3. The highest BCUT2D eigenvalue weighted by Crippen LogP contribution is 2.49. The molecule has 3 rings (SSSR count). The predicted octanol–water partition coefficient (Wildman–Crippen LogP) is 0.968. The Hall–Kier alpha value is -2.28. The van der Waals surface area contributed by atoms with Crippen LogP contribution < -0.4 is 11.1 Å². The number of nitrogens with two attached hydrogens (primary N) is 1. The summed E-state index contributed by atoms with van der Waals surface area (Å²) in [7, 11) is 0. The number of aliphatic carboxylic acids is 1. The number of thioether (sulfide) groups is 1. The van der Waals surface area contributed by atoms with Gasteiger partial charge in [0.1, 0.15) is 6.04 Å². The number of aliphatic imine (C=N–C) groups is 1. The summed E-state index contributed by atoms with van der Waals surface area (Å²) in [5, 5.41) is 11.1. The maximum Gasteiger partial charge on any atom is 0.394 e. The number of hydrogen-bond acceptors (Lipinski definition) is 5. The van der Waals surface area contributed by atoms with E-state index in [1.165, 1.54) is 11.8 Å². The maximum atomic E-state index is 11.1. The van der Waals surface area contributed by atoms with Crippen molar-refractivity contribution in [2.45, 2.75) is 6.04 Å². The highest BCUT2D eigenvalue weighted by Gasteiger charge is 2.33. The minimum Gasteiger partial charge on any atom is -0.474 e. The number of carbonyl (C=O) groups excluding carboxylic acids is 1. The van der Waals surface area contributed by atoms with Gasteiger partial charge in [-0.2, -0.15) is 0 Å². The van der Waals surface area contributed by atoms with Gasteiger partial charge >= 0.3 is 11.9 Å². The van der Waals surface area contributed by atoms with Crippen molar-refractivity contribution < 1.29 is 14.7 Å². The molecule has 0 spiro atoms. The van der Waals surface area contributed by atoms with Crippen LogP contribution >= 0.6 is 11.8 Å². The van der Waals surface area contributed by atoms with Crippen LogP contribution in [0.1, 0.15) is 17.2 Å². The van der Waals surface area contributed by atoms with Crippen LogP contribution in [-0.2, 0) is 9.59 Å². The van der Waals surface area contributed by atoms with E-state index in [-0.39, 0.29) is 6.04 Å². The Labute approximate surface area is 112 Å². The van der Waals surface area contributed by atoms with Crippen LogP contribution in [0.3, 0.4) is 0 Å². The van der Waals surface area contributed by atoms with Crippen molar-refractivity contribution >= 4 is 40.6 Å². The number of fused-ring (bicyclic) bond motifs is 3. The monoisotopic (exact) mass is 275 g/mol. The molecule has 4 N–H and O–H groups in total. The third-order valence-corrected chi connectivity index (χ3v) is 3.88. The minimum absolute atomic E-state index is 0.187. The number of carbonyl (C=O) groups is 2. The number of carboxylic acid groups (broad SMARTS) is 1. The fourth-order valence-corrected chi connectivity index (χ4v) is 3.06. The van der Waals surface area contributed by atoms with Crippen LogP contribution in [0.25, 0.3) is 6.08 Å². The van der Waals surface area contributed by atoms with Crippen molar-refractivity contribution in [3.63, 3.8) is 0 Å². The molecule has 0 saturated heterocycles. The molecule has 6 nitrogen and oxygen atoms in total. The van der Waals surface area contributed by atoms with E-state index in [2.05, 4.69) is 10.3 Å². The normalized spacial score (nSPS) is 19.3. The first-order valence-electron chi connectivity index (χ1n) is 5.46. The fraction of sp³-hybridized carbons (Fsp3) is 0.0833. The Bertz CT molecular complexity index is 666. The molecule has 1 aliphatic carbocycles. The van der Waals surface area contributed by atoms with Gasteiger partial charge in [-0.1, -0.05) is 23.9 Å². The number of nitrogens with zero attached hydrogens (tertiary/aromatic N) is 1. The largest absolute Gasteiger partial charge is 0.474 e. The standard InChI is InChI=1S/C12H9N3O3S/c13-7-3-1-2-5-6(7)4-8-9(5)14-12(19-8)15-10(16)11(17)18/h1-4,9H,13H2,(H,17,18)(H,14,15,16). The van der Waals surface area contributed by atoms with E-state index in [0.29, 0.717) is 10.9 Å². The number of anilines is 1. The summed E-state index contributed by atoms with van der Waals surface area (Å²) in [6, 6.07) is 5.40. The topological polar surface area (TPSA) is 105 Å². The summed E-state index contributed by atoms with van der Waals surface area (Å²) in [6.07, 6.45) is 1.92. The van der Waals surface area contributed by atoms with Crippen LogP contribution in [0, 0.1) is 0 Å². The average Bonchev–Trinajstić information content (AvgIpc) is 2.87. The first-order valence-corrected chi connectivity index (χ1v) is 6.28. The SMILES string of the molecule is Nc1cccc2c1C=C1SC(NC(=O)C(=O)O)=NC12. The Kier molecular flexibility index (Phi) is 2.56. The third-order valence-electron chi connectivity index (χ3n) is 2.90. The number of benzene rings is 1. The van der Waals surface area contributed by atoms with Gasteiger partial charge in [-0.3, -0.25) is 10.1 Å². The Morgan fingerprint density at radius 2 is 2.21 bits per heavy atom. The third kappa shape index (κ3) is 1.88. The number of rotatable bonds is 0. The van der Waals surface area contributed by atoms with Crippen LogP contribution in [-0.4, -0.2) is 22.2 Å². The summed E-state index contributed by atoms with van der Waals surface area (Å²) in [5.74, 6) is -2.61. The average molecular weight is 275 g/mol. The van der Waals surface area contributed by atoms with Gasteiger partial charge in [0.05, 0.1) is 0 Å². The molecule has 7 heteroatoms. The molecular weight excluding hydrogens is 266 g/mol. The van der Waals surface area contributed by atoms with Gasteiger partial charge in [-0.25, -0.2) is 9.79 Å². The lowest BCUT2D eigenvalue weighted by atomic mass is 10.1. The molecule has 1 aromatic rings. The number of nitrogen functional groups attached to an aromatic ring is 1. The van der Waals surface area contributed by atoms with E-state index < -0.39 is 11.9 Å². The summed E-state index contributed by atoms with van der Waals surface area (Å²) in [5.41, 5.74) is 8.49. The number of carboxylic acids is 1. The van der Waals surface area contributed by atoms with Crippen LogP contribution in [0.5, 0.6) is 0 Å². The van der Waals surface area contributed by atoms with E-state index >= 15 is 0 Å². The second kappa shape index (κ2) is 4.13. The van der Waals surface area contributed by atoms with E-state index in [1.807, 2.05) is 24.3 Å². The van der Waals surface area contributed by atoms with Gasteiger partial charge < -0.3 is 10.8 Å². The van der Waals surface area contributed by atoms with Crippen molar-refractivity contribution in [1.82, 2.24) is 5.32 Å². The number of amidine groups is 1. The van der Waals surface area contributed by atoms with Crippen molar-refractivity contribution in [3.8, 4) is 0 Å². The first kappa shape index (κ1) is 11.8. The zero-order valence-electron chi connectivity index (χ0n) is 9.58. The summed E-state index contributed by atoms with van der Waals surface area (Å²) >= 11 is 1.25. The lowest BCUT2D eigenvalue weighted by Gasteiger charge is -2.06. The van der Waals surface area contributed by atoms with Crippen molar-refractivity contribution in [3.05, 3.63) is 34.2 Å². The molecule has 0 aromatic heterocycles. The van der Waals surface area contributed by atoms with Gasteiger partial charge in [0.2, 0.25) is 0 Å². The first-order chi connectivity index (χ1) is 9.06. The van der Waals surface area contributed by atoms with E-state index in [9.17, 15) is 9.59 Å². The second-order valence-electron chi connectivity index (χ2n) is 4.09. The van der Waals surface area contributed by atoms with Gasteiger partial charge in [0, 0.05) is 16.2 Å². The predicted molar refractivity (Wildman–Crippen MR) is 72.4 cm³/mol. The smallest absolute Gasteiger partial charge is 0.394 e. The Balaban J connectivity index is 1.88. The van der Waals surface area contributed by atoms with Gasteiger partial charge in [0.25, 0.3) is 0 Å². The Morgan fingerprint density at radius 3 is 2.95 bits per heavy atom. The highest BCUT2D eigenvalue weighted by atomic mass is 32.2. The molecule has 1 atom stereocenters. The molecular formula is C12H9N3O3S. The molecule has 0 bridgehead atoms. The van der Waals surface area contributed by atoms with E-state index in [4.69, 9.17) is 10.8 Å². The molecule has 1 heterocycles. The zero-order chi connectivity index (χ0) is 13.6. The quantitative estimate of drug-likeness (QED) is 0.483. The van der Waals surface area contributed by atoms with Crippen molar-refractivity contribution in [2.24, 2.45) is 4.99 Å². The van der Waals surface area contributed by atoms with Gasteiger partial charge in [-0.15, -0.1) is 0 Å². The van der Waals surface area contributed by atoms with Crippen molar-refractivity contribution in [1.29, 1.82) is 0 Å². The van der Waals surface area contributed by atoms with Crippen LogP contribution in [0.4, 0.5) is 5.69 Å². The van der Waals surface area contributed by atoms with E-state index in [1.54, 1.807) is 0 Å². The highest BCUT2D eigenvalue weighted by molar-refractivity contribution is 8.17. The molecule has 1 aliphatic heterocycles. The lowest BCUT2D eigenvalue weighted by Crippen LogP contribution is -2.33. The molecule has 19 heavy (non-hydrogen) atoms. The van der Waals surface area contributed by atoms with Crippen LogP contribution in [0.15, 0.2) is 28.1 Å². The molecule has 1 unspecified atom stereocenters. The zero-order valence-corrected chi connectivity index (χ0v) is 10.4. The Morgan fingerprint density at radius 1 is 1.42 bits per heavy atom. The van der Waals surface area contributed by atoms with Gasteiger partial charge in [0.15, 0.2) is 5.17 Å². The molecule has 2 aliphatic rings. The maximum absolute atomic E-state index is 11.1. The fourth-order valence-electron chi connectivity index (χ4n) is 2.06. The molecule has 0 saturated carbocycles. The van der Waals surface area contributed by atoms with Crippen LogP contribution in [0.2, 0.25) is 0 Å². The van der Waals surface area contributed by atoms with Gasteiger partial charge in [-0.05, 0) is 17.7 Å². The summed E-state index contributed by atoms with van der Waals surface area (Å²) in [4.78, 5) is 26.8. The molecule has 96 valence electrons. The molecule has 0 radical (unpaired) electrons. The summed E-state index contributed by atoms with van der Waals surface area (Å²) in [6.45, 7) is 0. The summed E-state index contributed by atoms with van der Waals surface area (Å²) < 4.78 is 0. The van der Waals surface area contributed by atoms with E-state index in [0.717, 1.165) is 16.0 Å². The second-order valence-corrected chi connectivity index (χ2v) is 5.16.